The van der Waals surface area contributed by atoms with E-state index in [0.29, 0.717) is 11.4 Å². The third kappa shape index (κ3) is 3.74. The maximum atomic E-state index is 13.3. The van der Waals surface area contributed by atoms with E-state index in [1.165, 1.54) is 21.8 Å². The zero-order chi connectivity index (χ0) is 26.4. The summed E-state index contributed by atoms with van der Waals surface area (Å²) in [5, 5.41) is 16.2. The highest BCUT2D eigenvalue weighted by Crippen LogP contribution is 2.45. The fraction of sp³-hybridized carbons (Fsp3) is 0.727. The second-order valence-electron chi connectivity index (χ2n) is 10.6. The van der Waals surface area contributed by atoms with Crippen LogP contribution in [0.25, 0.3) is 0 Å². The van der Waals surface area contributed by atoms with Crippen molar-refractivity contribution in [1.82, 2.24) is 30.0 Å². The van der Waals surface area contributed by atoms with Gasteiger partial charge in [-0.25, -0.2) is 19.0 Å². The molecule has 5 aliphatic rings. The molecule has 0 bridgehead atoms. The Morgan fingerprint density at radius 3 is 1.55 bits per heavy atom. The Bertz CT molecular complexity index is 1180. The predicted molar refractivity (Wildman–Crippen MR) is 115 cm³/mol. The molecule has 8 atom stereocenters. The van der Waals surface area contributed by atoms with Crippen molar-refractivity contribution in [3.63, 3.8) is 0 Å². The summed E-state index contributed by atoms with van der Waals surface area (Å²) in [6, 6.07) is -1.59. The summed E-state index contributed by atoms with van der Waals surface area (Å²) in [5.74, 6) is -3.23. The standard InChI is InChI=1S/C22H26N6O10/c1-21(2)35-15-11-13(33-19(15)37-21)17(29)31-8-10-6-24-26-28(10)12-14(34-20-16(12)36-22(3,4)38-20)18(30)32-7-9-5-23-25-27(9)11/h5-6,11-16,19-20H,7-8H2,1-4H3/t11-,12-,13-,14-,15+,16+,19+,20+/m0/s1. The van der Waals surface area contributed by atoms with E-state index >= 15 is 0 Å². The van der Waals surface area contributed by atoms with Gasteiger partial charge < -0.3 is 37.9 Å². The van der Waals surface area contributed by atoms with E-state index in [-0.39, 0.29) is 13.2 Å². The van der Waals surface area contributed by atoms with Crippen molar-refractivity contribution < 1.29 is 47.5 Å². The van der Waals surface area contributed by atoms with Gasteiger partial charge in [0.05, 0.1) is 23.8 Å². The molecule has 0 N–H and O–H groups in total. The minimum atomic E-state index is -1.14. The number of hydrogen-bond donors (Lipinski definition) is 0. The Balaban J connectivity index is 1.25. The highest BCUT2D eigenvalue weighted by atomic mass is 16.8. The average molecular weight is 534 g/mol. The van der Waals surface area contributed by atoms with E-state index < -0.39 is 72.6 Å². The van der Waals surface area contributed by atoms with Crippen molar-refractivity contribution in [2.75, 3.05) is 0 Å². The number of rotatable bonds is 0. The fourth-order valence-electron chi connectivity index (χ4n) is 5.60. The van der Waals surface area contributed by atoms with E-state index in [1.54, 1.807) is 27.7 Å². The van der Waals surface area contributed by atoms with E-state index in [1.807, 2.05) is 0 Å². The van der Waals surface area contributed by atoms with Crippen molar-refractivity contribution in [3.8, 4) is 0 Å². The summed E-state index contributed by atoms with van der Waals surface area (Å²) in [6.07, 6.45) is -2.49. The highest BCUT2D eigenvalue weighted by Gasteiger charge is 2.60. The van der Waals surface area contributed by atoms with E-state index in [2.05, 4.69) is 20.6 Å². The fourth-order valence-corrected chi connectivity index (χ4v) is 5.60. The molecule has 16 nitrogen and oxygen atoms in total. The van der Waals surface area contributed by atoms with Gasteiger partial charge in [-0.3, -0.25) is 0 Å². The van der Waals surface area contributed by atoms with Crippen molar-refractivity contribution in [2.24, 2.45) is 0 Å². The first-order valence-electron chi connectivity index (χ1n) is 12.2. The van der Waals surface area contributed by atoms with Crippen LogP contribution in [0.3, 0.4) is 0 Å². The quantitative estimate of drug-likeness (QED) is 0.397. The lowest BCUT2D eigenvalue weighted by Gasteiger charge is -2.27. The molecule has 4 fully saturated rings. The van der Waals surface area contributed by atoms with Crippen LogP contribution < -0.4 is 0 Å². The lowest BCUT2D eigenvalue weighted by molar-refractivity contribution is -0.217. The van der Waals surface area contributed by atoms with Gasteiger partial charge in [0.25, 0.3) is 0 Å². The number of cyclic esters (lactones) is 2. The van der Waals surface area contributed by atoms with Crippen LogP contribution in [0.5, 0.6) is 0 Å². The number of ether oxygens (including phenoxy) is 8. The molecule has 5 aliphatic heterocycles. The minimum absolute atomic E-state index is 0.217. The molecule has 0 radical (unpaired) electrons. The van der Waals surface area contributed by atoms with Gasteiger partial charge in [-0.05, 0) is 27.7 Å². The Kier molecular flexibility index (Phi) is 5.21. The maximum Gasteiger partial charge on any atom is 0.338 e. The number of esters is 2. The second-order valence-corrected chi connectivity index (χ2v) is 10.6. The summed E-state index contributed by atoms with van der Waals surface area (Å²) in [4.78, 5) is 26.7. The molecular formula is C22H26N6O10. The van der Waals surface area contributed by atoms with Gasteiger partial charge in [0.15, 0.2) is 36.4 Å². The molecule has 204 valence electrons. The van der Waals surface area contributed by atoms with Crippen LogP contribution in [0.4, 0.5) is 0 Å². The summed E-state index contributed by atoms with van der Waals surface area (Å²) < 4.78 is 49.9. The zero-order valence-electron chi connectivity index (χ0n) is 21.0. The highest BCUT2D eigenvalue weighted by molar-refractivity contribution is 5.77. The van der Waals surface area contributed by atoms with Crippen LogP contribution in [0.1, 0.15) is 51.2 Å². The van der Waals surface area contributed by atoms with Crippen molar-refractivity contribution >= 4 is 11.9 Å². The zero-order valence-corrected chi connectivity index (χ0v) is 21.0. The lowest BCUT2D eigenvalue weighted by atomic mass is 10.1. The van der Waals surface area contributed by atoms with E-state index in [9.17, 15) is 9.59 Å². The second kappa shape index (κ2) is 8.24. The predicted octanol–water partition coefficient (Wildman–Crippen LogP) is -0.495. The summed E-state index contributed by atoms with van der Waals surface area (Å²) in [5.41, 5.74) is 0.807. The molecule has 2 aromatic heterocycles. The van der Waals surface area contributed by atoms with Crippen LogP contribution in [-0.2, 0) is 60.7 Å². The topological polar surface area (TPSA) is 169 Å². The Morgan fingerprint density at radius 2 is 1.13 bits per heavy atom. The van der Waals surface area contributed by atoms with Crippen LogP contribution in [0.15, 0.2) is 12.4 Å². The SMILES string of the molecule is CC1(C)O[C@H]2O[C@@H]3C(=O)OCc4cnnn4[C@@H]4[C@H]5OC(C)(C)O[C@H]5O[C@@H]4C(=O)OCc4cnnn4[C@@H]3[C@H]2O1. The van der Waals surface area contributed by atoms with Gasteiger partial charge >= 0.3 is 11.9 Å². The largest absolute Gasteiger partial charge is 0.457 e. The first-order chi connectivity index (χ1) is 18.1. The van der Waals surface area contributed by atoms with Gasteiger partial charge in [-0.15, -0.1) is 10.2 Å². The Labute approximate surface area is 215 Å². The molecule has 0 saturated carbocycles. The summed E-state index contributed by atoms with van der Waals surface area (Å²) in [6.45, 7) is 6.53. The van der Waals surface area contributed by atoms with Gasteiger partial charge in [-0.2, -0.15) is 0 Å². The van der Waals surface area contributed by atoms with Gasteiger partial charge in [0.2, 0.25) is 0 Å². The van der Waals surface area contributed by atoms with Crippen molar-refractivity contribution in [1.29, 1.82) is 0 Å². The molecular weight excluding hydrogens is 508 g/mol. The molecule has 16 heteroatoms. The van der Waals surface area contributed by atoms with Gasteiger partial charge in [-0.1, -0.05) is 10.4 Å². The molecule has 0 aliphatic carbocycles. The Hall–Kier alpha value is -3.02. The first kappa shape index (κ1) is 24.1. The van der Waals surface area contributed by atoms with Crippen molar-refractivity contribution in [2.45, 2.75) is 102 Å². The van der Waals surface area contributed by atoms with Gasteiger partial charge in [0, 0.05) is 0 Å². The number of carbonyl (C=O) groups excluding carboxylic acids is 2. The third-order valence-corrected chi connectivity index (χ3v) is 7.08. The molecule has 0 aromatic carbocycles. The van der Waals surface area contributed by atoms with Crippen LogP contribution in [-0.4, -0.2) is 90.5 Å². The summed E-state index contributed by atoms with van der Waals surface area (Å²) >= 11 is 0. The van der Waals surface area contributed by atoms with E-state index in [0.717, 1.165) is 0 Å². The lowest BCUT2D eigenvalue weighted by Crippen LogP contribution is -2.40. The molecule has 2 aromatic rings. The molecule has 0 unspecified atom stereocenters. The molecule has 0 spiro atoms. The normalized spacial score (nSPS) is 39.2. The molecule has 0 amide bonds. The number of nitrogens with zero attached hydrogens (tertiary/aromatic N) is 6. The monoisotopic (exact) mass is 534 g/mol. The van der Waals surface area contributed by atoms with Crippen molar-refractivity contribution in [3.05, 3.63) is 23.8 Å². The van der Waals surface area contributed by atoms with Gasteiger partial charge in [0.1, 0.15) is 37.5 Å². The smallest absolute Gasteiger partial charge is 0.338 e. The molecule has 7 rings (SSSR count). The van der Waals surface area contributed by atoms with Crippen LogP contribution in [0.2, 0.25) is 0 Å². The number of aromatic nitrogens is 6. The number of fused-ring (bicyclic) bond motifs is 10. The minimum Gasteiger partial charge on any atom is -0.457 e. The third-order valence-electron chi connectivity index (χ3n) is 7.08. The molecule has 38 heavy (non-hydrogen) atoms. The molecule has 4 saturated heterocycles. The number of hydrogen-bond acceptors (Lipinski definition) is 14. The van der Waals surface area contributed by atoms with Crippen LogP contribution >= 0.6 is 0 Å². The average Bonchev–Trinajstić information content (AvgIpc) is 3.65. The molecule has 7 heterocycles. The van der Waals surface area contributed by atoms with E-state index in [4.69, 9.17) is 37.9 Å². The maximum absolute atomic E-state index is 13.3. The van der Waals surface area contributed by atoms with Crippen LogP contribution in [0, 0.1) is 0 Å². The first-order valence-corrected chi connectivity index (χ1v) is 12.2. The summed E-state index contributed by atoms with van der Waals surface area (Å²) in [7, 11) is 0. The number of carbonyl (C=O) groups is 2. The Morgan fingerprint density at radius 1 is 0.711 bits per heavy atom.